The molecule has 212 valence electrons. The molecule has 10 heteroatoms. The van der Waals surface area contributed by atoms with Crippen molar-refractivity contribution in [1.29, 1.82) is 0 Å². The molecule has 3 aromatic carbocycles. The number of methoxy groups -OCH3 is 1. The Morgan fingerprint density at radius 3 is 2.24 bits per heavy atom. The first-order valence-corrected chi connectivity index (χ1v) is 13.0. The highest BCUT2D eigenvalue weighted by molar-refractivity contribution is 6.06. The summed E-state index contributed by atoms with van der Waals surface area (Å²) in [6.45, 7) is 0. The second kappa shape index (κ2) is 11.1. The number of fused-ring (bicyclic) bond motifs is 1. The number of nitrogens with zero attached hydrogens (tertiary/aromatic N) is 1. The van der Waals surface area contributed by atoms with Crippen molar-refractivity contribution in [3.05, 3.63) is 101 Å². The maximum atomic E-state index is 13.9. The number of amides is 1. The second-order valence-corrected chi connectivity index (χ2v) is 10.0. The van der Waals surface area contributed by atoms with E-state index in [1.54, 1.807) is 48.5 Å². The van der Waals surface area contributed by atoms with Gasteiger partial charge in [-0.05, 0) is 59.9 Å². The van der Waals surface area contributed by atoms with E-state index in [9.17, 15) is 32.7 Å². The maximum Gasteiger partial charge on any atom is 0.416 e. The number of carboxylic acid groups (broad SMARTS) is 1. The number of nitrogens with one attached hydrogen (secondary N) is 1. The Labute approximate surface area is 234 Å². The molecule has 5 rings (SSSR count). The number of Topliss-reactive ketones (excluding diaryl/α,β-unsaturated/α-hetero) is 1. The van der Waals surface area contributed by atoms with Gasteiger partial charge in [0.15, 0.2) is 5.78 Å². The molecule has 1 aliphatic heterocycles. The maximum absolute atomic E-state index is 13.9. The van der Waals surface area contributed by atoms with E-state index in [4.69, 9.17) is 4.74 Å². The van der Waals surface area contributed by atoms with E-state index in [1.807, 2.05) is 0 Å². The molecule has 2 unspecified atom stereocenters. The van der Waals surface area contributed by atoms with E-state index in [2.05, 4.69) is 5.32 Å². The number of ether oxygens (including phenoxy) is 1. The first-order valence-electron chi connectivity index (χ1n) is 13.0. The number of hydrogen-bond donors (Lipinski definition) is 2. The zero-order valence-electron chi connectivity index (χ0n) is 22.1. The number of alkyl halides is 3. The molecule has 3 aromatic rings. The smallest absolute Gasteiger partial charge is 0.416 e. The summed E-state index contributed by atoms with van der Waals surface area (Å²) in [6, 6.07) is 17.9. The lowest BCUT2D eigenvalue weighted by atomic mass is 9.78. The molecular weight excluding hydrogens is 537 g/mol. The van der Waals surface area contributed by atoms with E-state index in [-0.39, 0.29) is 31.0 Å². The molecule has 2 atom stereocenters. The van der Waals surface area contributed by atoms with Gasteiger partial charge in [-0.1, -0.05) is 36.4 Å². The highest BCUT2D eigenvalue weighted by Gasteiger charge is 2.41. The van der Waals surface area contributed by atoms with Gasteiger partial charge in [0.05, 0.1) is 36.5 Å². The molecule has 0 bridgehead atoms. The van der Waals surface area contributed by atoms with E-state index < -0.39 is 29.7 Å². The van der Waals surface area contributed by atoms with Crippen LogP contribution in [-0.2, 0) is 20.6 Å². The highest BCUT2D eigenvalue weighted by Crippen LogP contribution is 2.48. The number of aliphatic carboxylic acids is 1. The van der Waals surface area contributed by atoms with Crippen molar-refractivity contribution in [2.45, 2.75) is 43.8 Å². The minimum absolute atomic E-state index is 0.0338. The summed E-state index contributed by atoms with van der Waals surface area (Å²) >= 11 is 0. The normalized spacial score (nSPS) is 18.6. The van der Waals surface area contributed by atoms with Gasteiger partial charge in [0.25, 0.3) is 0 Å². The average Bonchev–Trinajstić information content (AvgIpc) is 3.10. The van der Waals surface area contributed by atoms with E-state index in [0.29, 0.717) is 45.9 Å². The van der Waals surface area contributed by atoms with E-state index in [0.717, 1.165) is 12.1 Å². The molecule has 0 saturated heterocycles. The Morgan fingerprint density at radius 2 is 1.61 bits per heavy atom. The molecule has 2 N–H and O–H groups in total. The molecule has 1 heterocycles. The van der Waals surface area contributed by atoms with Crippen LogP contribution in [0.15, 0.2) is 84.1 Å². The monoisotopic (exact) mass is 564 g/mol. The van der Waals surface area contributed by atoms with Crippen molar-refractivity contribution >= 4 is 29.0 Å². The summed E-state index contributed by atoms with van der Waals surface area (Å²) in [7, 11) is 1.52. The molecule has 1 aliphatic carbocycles. The highest BCUT2D eigenvalue weighted by atomic mass is 19.4. The summed E-state index contributed by atoms with van der Waals surface area (Å²) < 4.78 is 44.7. The Morgan fingerprint density at radius 1 is 0.951 bits per heavy atom. The van der Waals surface area contributed by atoms with Crippen molar-refractivity contribution in [3.63, 3.8) is 0 Å². The van der Waals surface area contributed by atoms with Crippen molar-refractivity contribution in [2.75, 3.05) is 17.3 Å². The number of allylic oxidation sites excluding steroid dienone is 1. The van der Waals surface area contributed by atoms with Crippen LogP contribution in [0.2, 0.25) is 0 Å². The quantitative estimate of drug-likeness (QED) is 0.356. The van der Waals surface area contributed by atoms with Crippen LogP contribution in [0.3, 0.4) is 0 Å². The molecule has 41 heavy (non-hydrogen) atoms. The molecule has 0 aromatic heterocycles. The first-order chi connectivity index (χ1) is 19.6. The minimum atomic E-state index is -4.47. The number of carboxylic acids is 1. The van der Waals surface area contributed by atoms with Gasteiger partial charge >= 0.3 is 12.1 Å². The average molecular weight is 565 g/mol. The second-order valence-electron chi connectivity index (χ2n) is 10.0. The number of hydrogen-bond acceptors (Lipinski definition) is 5. The van der Waals surface area contributed by atoms with Crippen molar-refractivity contribution in [3.8, 4) is 5.75 Å². The number of halogens is 3. The van der Waals surface area contributed by atoms with Crippen LogP contribution in [0.4, 0.5) is 24.5 Å². The number of carbonyl (C=O) groups is 3. The summed E-state index contributed by atoms with van der Waals surface area (Å²) in [6.07, 6.45) is -4.76. The number of carbonyl (C=O) groups excluding carboxylic acids is 2. The molecule has 0 spiro atoms. The molecule has 0 saturated carbocycles. The predicted octanol–water partition coefficient (Wildman–Crippen LogP) is 6.48. The zero-order valence-corrected chi connectivity index (χ0v) is 22.1. The van der Waals surface area contributed by atoms with Gasteiger partial charge in [0.1, 0.15) is 5.75 Å². The van der Waals surface area contributed by atoms with Crippen LogP contribution in [0.25, 0.3) is 0 Å². The Kier molecular flexibility index (Phi) is 7.57. The topological polar surface area (TPSA) is 95.9 Å². The molecule has 1 amide bonds. The third-order valence-corrected chi connectivity index (χ3v) is 7.45. The lowest BCUT2D eigenvalue weighted by Crippen LogP contribution is -2.38. The van der Waals surface area contributed by atoms with Gasteiger partial charge in [-0.25, -0.2) is 0 Å². The van der Waals surface area contributed by atoms with Crippen LogP contribution < -0.4 is 15.0 Å². The van der Waals surface area contributed by atoms with Crippen LogP contribution in [-0.4, -0.2) is 29.9 Å². The summed E-state index contributed by atoms with van der Waals surface area (Å²) in [5.41, 5.74) is 2.43. The van der Waals surface area contributed by atoms with Gasteiger partial charge in [-0.15, -0.1) is 0 Å². The SMILES string of the molecule is COc1ccc(C2C3=C(CC(c4ccc(C(F)(F)F)cc4)CC3=O)Nc3ccccc3N2C(=O)CCC(=O)O)cc1. The number of ketones is 1. The zero-order chi connectivity index (χ0) is 29.3. The Hall–Kier alpha value is -4.60. The van der Waals surface area contributed by atoms with Crippen molar-refractivity contribution in [2.24, 2.45) is 0 Å². The number of rotatable bonds is 6. The largest absolute Gasteiger partial charge is 0.497 e. The summed E-state index contributed by atoms with van der Waals surface area (Å²) in [5.74, 6) is -1.64. The van der Waals surface area contributed by atoms with Gasteiger partial charge in [-0.3, -0.25) is 19.3 Å². The fourth-order valence-electron chi connectivity index (χ4n) is 5.48. The Bertz CT molecular complexity index is 1510. The van der Waals surface area contributed by atoms with Crippen molar-refractivity contribution in [1.82, 2.24) is 0 Å². The van der Waals surface area contributed by atoms with Crippen molar-refractivity contribution < 1.29 is 37.4 Å². The fraction of sp³-hybridized carbons (Fsp3) is 0.258. The fourth-order valence-corrected chi connectivity index (χ4v) is 5.48. The number of para-hydroxylation sites is 2. The van der Waals surface area contributed by atoms with Gasteiger partial charge in [0, 0.05) is 24.1 Å². The van der Waals surface area contributed by atoms with Gasteiger partial charge in [-0.2, -0.15) is 13.2 Å². The minimum Gasteiger partial charge on any atom is -0.497 e. The third kappa shape index (κ3) is 5.68. The molecule has 2 aliphatic rings. The van der Waals surface area contributed by atoms with Crippen LogP contribution in [0.1, 0.15) is 54.3 Å². The number of anilines is 2. The third-order valence-electron chi connectivity index (χ3n) is 7.45. The van der Waals surface area contributed by atoms with Gasteiger partial charge < -0.3 is 15.2 Å². The first kappa shape index (κ1) is 27.9. The lowest BCUT2D eigenvalue weighted by molar-refractivity contribution is -0.138. The van der Waals surface area contributed by atoms with Crippen LogP contribution >= 0.6 is 0 Å². The van der Waals surface area contributed by atoms with E-state index in [1.165, 1.54) is 24.1 Å². The van der Waals surface area contributed by atoms with Crippen LogP contribution in [0.5, 0.6) is 5.75 Å². The Balaban J connectivity index is 1.63. The van der Waals surface area contributed by atoms with Crippen LogP contribution in [0, 0.1) is 0 Å². The summed E-state index contributed by atoms with van der Waals surface area (Å²) in [4.78, 5) is 40.4. The number of benzene rings is 3. The molecular formula is C31H27F3N2O5. The molecule has 7 nitrogen and oxygen atoms in total. The lowest BCUT2D eigenvalue weighted by Gasteiger charge is -2.35. The molecule has 0 fully saturated rings. The van der Waals surface area contributed by atoms with E-state index >= 15 is 0 Å². The predicted molar refractivity (Wildman–Crippen MR) is 146 cm³/mol. The molecule has 0 radical (unpaired) electrons. The van der Waals surface area contributed by atoms with Gasteiger partial charge in [0.2, 0.25) is 5.91 Å². The standard InChI is InChI=1S/C31H27F3N2O5/c1-41-22-12-8-19(9-13-22)30-29-24(16-20(17-26(29)37)18-6-10-21(11-7-18)31(32,33)34)35-23-4-2-3-5-25(23)36(30)27(38)14-15-28(39)40/h2-13,20,30,35H,14-17H2,1H3,(H,39,40). The summed E-state index contributed by atoms with van der Waals surface area (Å²) in [5, 5.41) is 12.6.